The van der Waals surface area contributed by atoms with E-state index in [1.807, 2.05) is 24.3 Å². The number of carbonyl (C=O) groups excluding carboxylic acids is 1. The van der Waals surface area contributed by atoms with Crippen LogP contribution in [0.15, 0.2) is 24.3 Å². The largest absolute Gasteiger partial charge is 0.496 e. The molecule has 0 unspecified atom stereocenters. The summed E-state index contributed by atoms with van der Waals surface area (Å²) in [4.78, 5) is 12.1. The van der Waals surface area contributed by atoms with Crippen LogP contribution in [0.4, 0.5) is 0 Å². The molecule has 0 bridgehead atoms. The van der Waals surface area contributed by atoms with Gasteiger partial charge < -0.3 is 14.6 Å². The number of aromatic nitrogens is 3. The van der Waals surface area contributed by atoms with Crippen LogP contribution in [-0.2, 0) is 30.7 Å². The molecule has 1 N–H and O–H groups in total. The van der Waals surface area contributed by atoms with Gasteiger partial charge in [-0.15, -0.1) is 10.2 Å². The number of hydrogen-bond acceptors (Lipinski definition) is 4. The van der Waals surface area contributed by atoms with Crippen molar-refractivity contribution >= 4 is 5.91 Å². The van der Waals surface area contributed by atoms with Crippen LogP contribution in [-0.4, -0.2) is 27.8 Å². The fraction of sp³-hybridized carbons (Fsp3) is 0.400. The van der Waals surface area contributed by atoms with Gasteiger partial charge in [-0.1, -0.05) is 18.2 Å². The third kappa shape index (κ3) is 2.89. The van der Waals surface area contributed by atoms with E-state index in [1.54, 1.807) is 7.11 Å². The Kier molecular flexibility index (Phi) is 3.85. The lowest BCUT2D eigenvalue weighted by Crippen LogP contribution is -2.26. The Hall–Kier alpha value is -2.37. The number of amides is 1. The number of para-hydroxylation sites is 1. The van der Waals surface area contributed by atoms with E-state index in [4.69, 9.17) is 4.74 Å². The fourth-order valence-electron chi connectivity index (χ4n) is 2.60. The Morgan fingerprint density at radius 3 is 3.10 bits per heavy atom. The summed E-state index contributed by atoms with van der Waals surface area (Å²) in [6.45, 7) is 1.36. The number of hydrogen-bond donors (Lipinski definition) is 1. The minimum Gasteiger partial charge on any atom is -0.496 e. The van der Waals surface area contributed by atoms with E-state index in [9.17, 15) is 4.79 Å². The number of fused-ring (bicyclic) bond motifs is 1. The topological polar surface area (TPSA) is 69.0 Å². The molecule has 0 spiro atoms. The number of benzene rings is 1. The monoisotopic (exact) mass is 286 g/mol. The van der Waals surface area contributed by atoms with Crippen molar-refractivity contribution in [1.82, 2.24) is 20.1 Å². The van der Waals surface area contributed by atoms with E-state index in [1.165, 1.54) is 0 Å². The summed E-state index contributed by atoms with van der Waals surface area (Å²) in [5, 5.41) is 11.1. The summed E-state index contributed by atoms with van der Waals surface area (Å²) in [6.07, 6.45) is 2.38. The first-order valence-electron chi connectivity index (χ1n) is 7.07. The van der Waals surface area contributed by atoms with Crippen LogP contribution in [0.2, 0.25) is 0 Å². The predicted molar refractivity (Wildman–Crippen MR) is 76.9 cm³/mol. The lowest BCUT2D eigenvalue weighted by Gasteiger charge is -2.09. The van der Waals surface area contributed by atoms with Crippen LogP contribution in [0.5, 0.6) is 5.75 Å². The molecule has 3 rings (SSSR count). The summed E-state index contributed by atoms with van der Waals surface area (Å²) >= 11 is 0. The maximum Gasteiger partial charge on any atom is 0.224 e. The highest BCUT2D eigenvalue weighted by molar-refractivity contribution is 5.79. The van der Waals surface area contributed by atoms with Crippen molar-refractivity contribution in [3.05, 3.63) is 41.5 Å². The molecule has 1 aromatic heterocycles. The van der Waals surface area contributed by atoms with Crippen molar-refractivity contribution in [3.8, 4) is 5.75 Å². The molecular weight excluding hydrogens is 268 g/mol. The Bertz CT molecular complexity index is 651. The van der Waals surface area contributed by atoms with Crippen molar-refractivity contribution in [1.29, 1.82) is 0 Å². The van der Waals surface area contributed by atoms with Gasteiger partial charge in [0.25, 0.3) is 0 Å². The first-order chi connectivity index (χ1) is 10.3. The van der Waals surface area contributed by atoms with Gasteiger partial charge in [0.1, 0.15) is 11.6 Å². The third-order valence-corrected chi connectivity index (χ3v) is 3.67. The third-order valence-electron chi connectivity index (χ3n) is 3.67. The highest BCUT2D eigenvalue weighted by atomic mass is 16.5. The molecule has 6 heteroatoms. The molecule has 2 heterocycles. The van der Waals surface area contributed by atoms with Gasteiger partial charge in [-0.3, -0.25) is 4.79 Å². The van der Waals surface area contributed by atoms with Crippen LogP contribution in [0.3, 0.4) is 0 Å². The van der Waals surface area contributed by atoms with Crippen molar-refractivity contribution in [3.63, 3.8) is 0 Å². The number of nitrogens with one attached hydrogen (secondary N) is 1. The van der Waals surface area contributed by atoms with Crippen molar-refractivity contribution in [2.45, 2.75) is 32.4 Å². The second kappa shape index (κ2) is 5.95. The van der Waals surface area contributed by atoms with Crippen LogP contribution in [0.1, 0.15) is 23.6 Å². The molecule has 0 aliphatic carbocycles. The first-order valence-corrected chi connectivity index (χ1v) is 7.07. The molecule has 0 saturated carbocycles. The maximum absolute atomic E-state index is 12.1. The Morgan fingerprint density at radius 2 is 2.24 bits per heavy atom. The zero-order valence-corrected chi connectivity index (χ0v) is 12.0. The lowest BCUT2D eigenvalue weighted by molar-refractivity contribution is -0.120. The minimum absolute atomic E-state index is 0.0464. The molecule has 0 radical (unpaired) electrons. The summed E-state index contributed by atoms with van der Waals surface area (Å²) in [6, 6.07) is 7.54. The fourth-order valence-corrected chi connectivity index (χ4v) is 2.60. The number of carbonyl (C=O) groups is 1. The van der Waals surface area contributed by atoms with Crippen molar-refractivity contribution in [2.24, 2.45) is 0 Å². The normalized spacial score (nSPS) is 13.0. The summed E-state index contributed by atoms with van der Waals surface area (Å²) in [5.41, 5.74) is 0.879. The number of methoxy groups -OCH3 is 1. The molecule has 21 heavy (non-hydrogen) atoms. The van der Waals surface area contributed by atoms with Gasteiger partial charge in [-0.05, 0) is 12.5 Å². The Morgan fingerprint density at radius 1 is 1.38 bits per heavy atom. The average Bonchev–Trinajstić information content (AvgIpc) is 3.09. The molecule has 110 valence electrons. The van der Waals surface area contributed by atoms with Gasteiger partial charge in [-0.2, -0.15) is 0 Å². The molecule has 2 aromatic rings. The standard InChI is InChI=1S/C15H18N4O2/c1-21-12-6-3-2-5-11(12)9-15(20)16-10-14-18-17-13-7-4-8-19(13)14/h2-3,5-6H,4,7-10H2,1H3,(H,16,20). The van der Waals surface area contributed by atoms with E-state index < -0.39 is 0 Å². The molecule has 0 atom stereocenters. The highest BCUT2D eigenvalue weighted by Gasteiger charge is 2.17. The Balaban J connectivity index is 1.59. The molecule has 6 nitrogen and oxygen atoms in total. The van der Waals surface area contributed by atoms with Crippen molar-refractivity contribution in [2.75, 3.05) is 7.11 Å². The van der Waals surface area contributed by atoms with Crippen LogP contribution < -0.4 is 10.1 Å². The molecular formula is C15H18N4O2. The zero-order chi connectivity index (χ0) is 14.7. The minimum atomic E-state index is -0.0464. The van der Waals surface area contributed by atoms with Gasteiger partial charge in [0.05, 0.1) is 20.1 Å². The van der Waals surface area contributed by atoms with E-state index in [0.29, 0.717) is 13.0 Å². The van der Waals surface area contributed by atoms with E-state index >= 15 is 0 Å². The zero-order valence-electron chi connectivity index (χ0n) is 12.0. The number of rotatable bonds is 5. The highest BCUT2D eigenvalue weighted by Crippen LogP contribution is 2.18. The van der Waals surface area contributed by atoms with Crippen LogP contribution >= 0.6 is 0 Å². The number of aryl methyl sites for hydroxylation is 1. The van der Waals surface area contributed by atoms with Crippen molar-refractivity contribution < 1.29 is 9.53 Å². The lowest BCUT2D eigenvalue weighted by atomic mass is 10.1. The van der Waals surface area contributed by atoms with Crippen LogP contribution in [0, 0.1) is 0 Å². The second-order valence-electron chi connectivity index (χ2n) is 5.05. The molecule has 0 saturated heterocycles. The summed E-state index contributed by atoms with van der Waals surface area (Å²) in [7, 11) is 1.61. The molecule has 1 amide bonds. The molecule has 1 aromatic carbocycles. The number of ether oxygens (including phenoxy) is 1. The summed E-state index contributed by atoms with van der Waals surface area (Å²) in [5.74, 6) is 2.53. The molecule has 1 aliphatic heterocycles. The quantitative estimate of drug-likeness (QED) is 0.893. The SMILES string of the molecule is COc1ccccc1CC(=O)NCc1nnc2n1CCC2. The van der Waals surface area contributed by atoms with Gasteiger partial charge in [-0.25, -0.2) is 0 Å². The van der Waals surface area contributed by atoms with Crippen LogP contribution in [0.25, 0.3) is 0 Å². The van der Waals surface area contributed by atoms with Gasteiger partial charge >= 0.3 is 0 Å². The van der Waals surface area contributed by atoms with Gasteiger partial charge in [0.15, 0.2) is 5.82 Å². The molecule has 1 aliphatic rings. The average molecular weight is 286 g/mol. The summed E-state index contributed by atoms with van der Waals surface area (Å²) < 4.78 is 7.34. The smallest absolute Gasteiger partial charge is 0.224 e. The predicted octanol–water partition coefficient (Wildman–Crippen LogP) is 1.09. The first kappa shape index (κ1) is 13.6. The Labute approximate surface area is 123 Å². The number of nitrogens with zero attached hydrogens (tertiary/aromatic N) is 3. The van der Waals surface area contributed by atoms with E-state index in [-0.39, 0.29) is 5.91 Å². The van der Waals surface area contributed by atoms with E-state index in [2.05, 4.69) is 20.1 Å². The van der Waals surface area contributed by atoms with E-state index in [0.717, 1.165) is 42.3 Å². The van der Waals surface area contributed by atoms with Gasteiger partial charge in [0, 0.05) is 18.5 Å². The molecule has 0 fully saturated rings. The van der Waals surface area contributed by atoms with Gasteiger partial charge in [0.2, 0.25) is 5.91 Å². The maximum atomic E-state index is 12.1. The second-order valence-corrected chi connectivity index (χ2v) is 5.05.